The van der Waals surface area contributed by atoms with E-state index in [-0.39, 0.29) is 5.82 Å². The van der Waals surface area contributed by atoms with E-state index in [2.05, 4.69) is 0 Å². The van der Waals surface area contributed by atoms with Gasteiger partial charge in [0, 0.05) is 5.56 Å². The third kappa shape index (κ3) is 1.65. The van der Waals surface area contributed by atoms with Gasteiger partial charge in [0.1, 0.15) is 11.4 Å². The topological polar surface area (TPSA) is 20.2 Å². The van der Waals surface area contributed by atoms with Crippen LogP contribution in [0, 0.1) is 5.82 Å². The molecule has 18 heavy (non-hydrogen) atoms. The summed E-state index contributed by atoms with van der Waals surface area (Å²) in [5, 5.41) is 10.9. The van der Waals surface area contributed by atoms with Crippen molar-refractivity contribution in [3.8, 4) is 0 Å². The number of benzene rings is 2. The minimum Gasteiger partial charge on any atom is -0.380 e. The van der Waals surface area contributed by atoms with Gasteiger partial charge in [-0.1, -0.05) is 42.5 Å². The van der Waals surface area contributed by atoms with Crippen LogP contribution in [0.1, 0.15) is 29.5 Å². The lowest BCUT2D eigenvalue weighted by Gasteiger charge is -2.35. The Labute approximate surface area is 106 Å². The molecule has 1 atom stereocenters. The van der Waals surface area contributed by atoms with Gasteiger partial charge in [-0.3, -0.25) is 0 Å². The van der Waals surface area contributed by atoms with E-state index in [1.54, 1.807) is 18.2 Å². The molecule has 2 heteroatoms. The molecule has 1 aliphatic carbocycles. The van der Waals surface area contributed by atoms with E-state index < -0.39 is 5.60 Å². The Bertz CT molecular complexity index is 579. The highest BCUT2D eigenvalue weighted by molar-refractivity contribution is 5.43. The Morgan fingerprint density at radius 1 is 0.944 bits per heavy atom. The molecule has 0 fully saturated rings. The van der Waals surface area contributed by atoms with Crippen molar-refractivity contribution in [1.29, 1.82) is 0 Å². The average molecular weight is 242 g/mol. The monoisotopic (exact) mass is 242 g/mol. The second kappa shape index (κ2) is 4.21. The van der Waals surface area contributed by atoms with Gasteiger partial charge in [0.15, 0.2) is 0 Å². The van der Waals surface area contributed by atoms with E-state index in [0.717, 1.165) is 24.0 Å². The highest BCUT2D eigenvalue weighted by Crippen LogP contribution is 2.41. The molecule has 1 unspecified atom stereocenters. The maximum atomic E-state index is 14.0. The predicted octanol–water partition coefficient (Wildman–Crippen LogP) is 3.40. The first kappa shape index (κ1) is 11.4. The lowest BCUT2D eigenvalue weighted by atomic mass is 9.75. The van der Waals surface area contributed by atoms with E-state index in [1.165, 1.54) is 6.07 Å². The summed E-state index contributed by atoms with van der Waals surface area (Å²) in [7, 11) is 0. The number of hydrogen-bond acceptors (Lipinski definition) is 1. The molecule has 0 amide bonds. The third-order valence-corrected chi connectivity index (χ3v) is 3.77. The van der Waals surface area contributed by atoms with Crippen molar-refractivity contribution in [2.45, 2.75) is 24.9 Å². The molecule has 0 radical (unpaired) electrons. The van der Waals surface area contributed by atoms with Crippen molar-refractivity contribution in [2.24, 2.45) is 0 Å². The highest BCUT2D eigenvalue weighted by Gasteiger charge is 2.37. The van der Waals surface area contributed by atoms with E-state index in [0.29, 0.717) is 12.0 Å². The molecule has 0 bridgehead atoms. The van der Waals surface area contributed by atoms with Gasteiger partial charge in [0.05, 0.1) is 0 Å². The predicted molar refractivity (Wildman–Crippen MR) is 68.8 cm³/mol. The number of hydrogen-bond donors (Lipinski definition) is 1. The normalized spacial score (nSPS) is 22.6. The van der Waals surface area contributed by atoms with E-state index in [4.69, 9.17) is 0 Å². The van der Waals surface area contributed by atoms with Crippen molar-refractivity contribution in [1.82, 2.24) is 0 Å². The lowest BCUT2D eigenvalue weighted by molar-refractivity contribution is 0.0579. The van der Waals surface area contributed by atoms with Gasteiger partial charge < -0.3 is 5.11 Å². The molecule has 0 spiro atoms. The molecule has 1 nitrogen and oxygen atoms in total. The van der Waals surface area contributed by atoms with E-state index in [1.807, 2.05) is 24.3 Å². The molecule has 2 aromatic carbocycles. The number of aryl methyl sites for hydroxylation is 1. The Hall–Kier alpha value is -1.67. The summed E-state index contributed by atoms with van der Waals surface area (Å²) in [6.07, 6.45) is 2.40. The quantitative estimate of drug-likeness (QED) is 0.812. The summed E-state index contributed by atoms with van der Waals surface area (Å²) in [6, 6.07) is 14.3. The van der Waals surface area contributed by atoms with Crippen molar-refractivity contribution in [3.63, 3.8) is 0 Å². The number of rotatable bonds is 1. The van der Waals surface area contributed by atoms with Crippen LogP contribution in [0.3, 0.4) is 0 Å². The van der Waals surface area contributed by atoms with Gasteiger partial charge in [-0.15, -0.1) is 0 Å². The molecule has 3 rings (SSSR count). The molecule has 1 N–H and O–H groups in total. The van der Waals surface area contributed by atoms with E-state index in [9.17, 15) is 9.50 Å². The molecule has 2 aromatic rings. The zero-order valence-electron chi connectivity index (χ0n) is 10.1. The average Bonchev–Trinajstić information content (AvgIpc) is 2.40. The van der Waals surface area contributed by atoms with Gasteiger partial charge in [0.2, 0.25) is 0 Å². The Kier molecular flexibility index (Phi) is 2.67. The Morgan fingerprint density at radius 3 is 2.39 bits per heavy atom. The van der Waals surface area contributed by atoms with Crippen LogP contribution >= 0.6 is 0 Å². The molecular weight excluding hydrogens is 227 g/mol. The second-order valence-corrected chi connectivity index (χ2v) is 4.85. The van der Waals surface area contributed by atoms with Crippen molar-refractivity contribution in [2.75, 3.05) is 0 Å². The lowest BCUT2D eigenvalue weighted by Crippen LogP contribution is -2.32. The van der Waals surface area contributed by atoms with Gasteiger partial charge >= 0.3 is 0 Å². The first-order valence-electron chi connectivity index (χ1n) is 6.27. The molecular formula is C16H15FO. The fourth-order valence-electron chi connectivity index (χ4n) is 2.89. The maximum absolute atomic E-state index is 14.0. The molecule has 1 aliphatic rings. The summed E-state index contributed by atoms with van der Waals surface area (Å²) in [4.78, 5) is 0. The number of halogens is 1. The van der Waals surface area contributed by atoms with Crippen LogP contribution in [0.2, 0.25) is 0 Å². The SMILES string of the molecule is OC1(c2ccccc2F)CCCc2ccccc21. The minimum absolute atomic E-state index is 0.336. The molecule has 0 heterocycles. The largest absolute Gasteiger partial charge is 0.380 e. The van der Waals surface area contributed by atoms with Crippen LogP contribution < -0.4 is 0 Å². The van der Waals surface area contributed by atoms with Crippen LogP contribution in [0.5, 0.6) is 0 Å². The van der Waals surface area contributed by atoms with Gasteiger partial charge in [-0.2, -0.15) is 0 Å². The van der Waals surface area contributed by atoms with Crippen LogP contribution in [0.4, 0.5) is 4.39 Å². The molecule has 0 saturated carbocycles. The zero-order valence-corrected chi connectivity index (χ0v) is 10.1. The van der Waals surface area contributed by atoms with Crippen LogP contribution in [0.25, 0.3) is 0 Å². The minimum atomic E-state index is -1.18. The summed E-state index contributed by atoms with van der Waals surface area (Å²) in [5.74, 6) is -0.336. The fraction of sp³-hybridized carbons (Fsp3) is 0.250. The van der Waals surface area contributed by atoms with Gasteiger partial charge in [-0.05, 0) is 36.5 Å². The summed E-state index contributed by atoms with van der Waals surface area (Å²) in [6.45, 7) is 0. The van der Waals surface area contributed by atoms with Crippen LogP contribution in [0.15, 0.2) is 48.5 Å². The summed E-state index contributed by atoms with van der Waals surface area (Å²) < 4.78 is 14.0. The Morgan fingerprint density at radius 2 is 1.61 bits per heavy atom. The van der Waals surface area contributed by atoms with Crippen molar-refractivity contribution < 1.29 is 9.50 Å². The van der Waals surface area contributed by atoms with E-state index >= 15 is 0 Å². The molecule has 0 aromatic heterocycles. The third-order valence-electron chi connectivity index (χ3n) is 3.77. The molecule has 92 valence electrons. The first-order chi connectivity index (χ1) is 8.72. The summed E-state index contributed by atoms with van der Waals surface area (Å²) in [5.41, 5.74) is 1.17. The fourth-order valence-corrected chi connectivity index (χ4v) is 2.89. The smallest absolute Gasteiger partial charge is 0.129 e. The van der Waals surface area contributed by atoms with Gasteiger partial charge in [-0.25, -0.2) is 4.39 Å². The number of aliphatic hydroxyl groups is 1. The second-order valence-electron chi connectivity index (χ2n) is 4.85. The standard InChI is InChI=1S/C16H15FO/c17-15-10-4-3-9-14(15)16(18)11-5-7-12-6-1-2-8-13(12)16/h1-4,6,8-10,18H,5,7,11H2. The van der Waals surface area contributed by atoms with Crippen LogP contribution in [-0.4, -0.2) is 5.11 Å². The van der Waals surface area contributed by atoms with Crippen molar-refractivity contribution >= 4 is 0 Å². The molecule has 0 aliphatic heterocycles. The zero-order chi connectivity index (χ0) is 12.6. The summed E-state index contributed by atoms with van der Waals surface area (Å²) >= 11 is 0. The van der Waals surface area contributed by atoms with Gasteiger partial charge in [0.25, 0.3) is 0 Å². The highest BCUT2D eigenvalue weighted by atomic mass is 19.1. The van der Waals surface area contributed by atoms with Crippen molar-refractivity contribution in [3.05, 3.63) is 71.0 Å². The molecule has 0 saturated heterocycles. The van der Waals surface area contributed by atoms with Crippen LogP contribution in [-0.2, 0) is 12.0 Å². The Balaban J connectivity index is 2.20. The number of fused-ring (bicyclic) bond motifs is 1. The maximum Gasteiger partial charge on any atom is 0.129 e. The first-order valence-corrected chi connectivity index (χ1v) is 6.27.